The van der Waals surface area contributed by atoms with Crippen LogP contribution >= 0.6 is 0 Å². The molecule has 41 nitrogen and oxygen atoms in total. The minimum atomic E-state index is -1.51. The first-order valence-corrected chi connectivity index (χ1v) is 33.6. The predicted octanol–water partition coefficient (Wildman–Crippen LogP) is -10.3. The molecule has 1 heterocycles. The molecule has 38 N–H and O–H groups in total. The third kappa shape index (κ3) is 37.4. The Morgan fingerprint density at radius 1 is 0.410 bits per heavy atom. The molecule has 41 heteroatoms. The molecule has 0 radical (unpaired) electrons. The van der Waals surface area contributed by atoms with E-state index in [0.29, 0.717) is 25.7 Å². The molecule has 11 amide bonds. The molecule has 0 unspecified atom stereocenters. The van der Waals surface area contributed by atoms with Gasteiger partial charge in [0, 0.05) is 39.3 Å². The number of amides is 11. The lowest BCUT2D eigenvalue weighted by Gasteiger charge is -2.30. The molecule has 100 heavy (non-hydrogen) atoms. The summed E-state index contributed by atoms with van der Waals surface area (Å²) in [5, 5.41) is 34.0. The molecule has 568 valence electrons. The van der Waals surface area contributed by atoms with Crippen LogP contribution in [-0.4, -0.2) is 230 Å². The summed E-state index contributed by atoms with van der Waals surface area (Å²) in [7, 11) is 0. The maximum Gasteiger partial charge on any atom is 0.243 e. The van der Waals surface area contributed by atoms with E-state index in [1.807, 2.05) is 0 Å². The van der Waals surface area contributed by atoms with Crippen LogP contribution in [0.25, 0.3) is 0 Å². The molecule has 11 atom stereocenters. The highest BCUT2D eigenvalue weighted by Gasteiger charge is 2.40. The average Bonchev–Trinajstić information content (AvgIpc) is 1.61. The van der Waals surface area contributed by atoms with Crippen LogP contribution in [0, 0.1) is 5.92 Å². The van der Waals surface area contributed by atoms with E-state index in [-0.39, 0.29) is 184 Å². The Bertz CT molecular complexity index is 2770. The number of carbonyl (C=O) groups excluding carboxylic acids is 11. The first kappa shape index (κ1) is 88.4. The fraction of sp³-hybridized carbons (Fsp3) is 0.729. The van der Waals surface area contributed by atoms with Crippen LogP contribution in [0.2, 0.25) is 0 Å². The number of aliphatic imine (C=N–C) groups is 5. The number of guanidine groups is 5. The van der Waals surface area contributed by atoms with Gasteiger partial charge < -0.3 is 138 Å². The standard InChI is InChI=1S/C59H115N29O12/c1-32(2)30-41(87-51(97)40(20-12-28-78-59(72)73)86-53(99)42-21-13-29-88(42)54(100)44(63)33(3)89)52(98)85-39(19-11-27-77-58(70)71)50(96)84-38(18-10-26-76-57(68)69)49(95)83-37(17-9-25-75-56(66)67)48(94)82-36(15-5-7-23-61)47(93)81-35(14-4-6-22-60)46(92)80-34(16-8-24-74-55(64)65)45(91)79-31-43(62)90/h32-42,44,89H,4-31,60-61,63H2,1-3H3,(H2,62,90)(H,79,91)(H,80,92)(H,81,93)(H,82,94)(H,83,95)(H,84,96)(H,85,98)(H,86,99)(H,87,97)(H4,64,65,74)(H4,66,67,75)(H4,68,69,76)(H4,70,71,77)(H4,72,73,78)/t33-,34+,35+,36+,37+,38+,39+,40+,41+,42+,44+/m1/s1. The van der Waals surface area contributed by atoms with E-state index < -0.39 is 138 Å². The van der Waals surface area contributed by atoms with Gasteiger partial charge in [-0.25, -0.2) is 0 Å². The molecule has 0 spiro atoms. The molecule has 1 rings (SSSR count). The molecule has 1 saturated heterocycles. The number of likely N-dealkylation sites (tertiary alicyclic amines) is 1. The number of aliphatic hydroxyl groups excluding tert-OH is 1. The lowest BCUT2D eigenvalue weighted by Crippen LogP contribution is -2.60. The fourth-order valence-electron chi connectivity index (χ4n) is 10.3. The average molecular weight is 1420 g/mol. The maximum absolute atomic E-state index is 14.8. The second kappa shape index (κ2) is 49.0. The van der Waals surface area contributed by atoms with Gasteiger partial charge in [0.15, 0.2) is 29.8 Å². The third-order valence-electron chi connectivity index (χ3n) is 15.5. The summed E-state index contributed by atoms with van der Waals surface area (Å²) in [6.45, 7) is 4.92. The zero-order valence-corrected chi connectivity index (χ0v) is 57.9. The smallest absolute Gasteiger partial charge is 0.243 e. The number of aliphatic hydroxyl groups is 1. The van der Waals surface area contributed by atoms with Gasteiger partial charge in [-0.1, -0.05) is 13.8 Å². The van der Waals surface area contributed by atoms with Gasteiger partial charge in [-0.3, -0.25) is 77.7 Å². The van der Waals surface area contributed by atoms with Crippen molar-refractivity contribution < 1.29 is 57.8 Å². The summed E-state index contributed by atoms with van der Waals surface area (Å²) < 4.78 is 0. The van der Waals surface area contributed by atoms with Crippen LogP contribution in [0.15, 0.2) is 25.0 Å². The minimum Gasteiger partial charge on any atom is -0.391 e. The van der Waals surface area contributed by atoms with Crippen molar-refractivity contribution in [2.45, 2.75) is 209 Å². The Labute approximate surface area is 582 Å². The molecule has 0 aliphatic carbocycles. The van der Waals surface area contributed by atoms with Crippen molar-refractivity contribution in [3.8, 4) is 0 Å². The quantitative estimate of drug-likeness (QED) is 0.0153. The van der Waals surface area contributed by atoms with Gasteiger partial charge in [-0.2, -0.15) is 0 Å². The summed E-state index contributed by atoms with van der Waals surface area (Å²) in [4.78, 5) is 175. The van der Waals surface area contributed by atoms with Gasteiger partial charge in [0.1, 0.15) is 60.4 Å². The topological polar surface area (TPSA) is 746 Å². The van der Waals surface area contributed by atoms with E-state index in [1.165, 1.54) is 11.8 Å². The summed E-state index contributed by atoms with van der Waals surface area (Å²) in [6, 6.07) is -13.5. The Morgan fingerprint density at radius 2 is 0.690 bits per heavy atom. The number of nitrogens with two attached hydrogens (primary N) is 14. The van der Waals surface area contributed by atoms with Crippen LogP contribution in [-0.2, 0) is 52.7 Å². The molecule has 0 aromatic carbocycles. The van der Waals surface area contributed by atoms with Crippen molar-refractivity contribution in [1.29, 1.82) is 0 Å². The number of primary amides is 1. The van der Waals surface area contributed by atoms with Crippen molar-refractivity contribution in [1.82, 2.24) is 52.8 Å². The van der Waals surface area contributed by atoms with Crippen molar-refractivity contribution >= 4 is 94.8 Å². The highest BCUT2D eigenvalue weighted by atomic mass is 16.3. The molecule has 0 bridgehead atoms. The minimum absolute atomic E-state index is 0.00955. The number of hydrogen-bond acceptors (Lipinski definition) is 20. The molecule has 0 aromatic heterocycles. The first-order valence-electron chi connectivity index (χ1n) is 33.6. The van der Waals surface area contributed by atoms with Crippen LogP contribution in [0.1, 0.15) is 143 Å². The lowest BCUT2D eigenvalue weighted by atomic mass is 10.0. The Kier molecular flexibility index (Phi) is 43.3. The zero-order chi connectivity index (χ0) is 75.4. The molecule has 0 aromatic rings. The van der Waals surface area contributed by atoms with Crippen LogP contribution < -0.4 is 128 Å². The van der Waals surface area contributed by atoms with Crippen LogP contribution in [0.3, 0.4) is 0 Å². The summed E-state index contributed by atoms with van der Waals surface area (Å²) in [5.41, 5.74) is 78.5. The summed E-state index contributed by atoms with van der Waals surface area (Å²) in [6.07, 6.45) is 0.744. The van der Waals surface area contributed by atoms with Gasteiger partial charge in [0.25, 0.3) is 0 Å². The number of rotatable bonds is 51. The van der Waals surface area contributed by atoms with Gasteiger partial charge in [-0.05, 0) is 148 Å². The third-order valence-corrected chi connectivity index (χ3v) is 15.5. The number of hydrogen-bond donors (Lipinski definition) is 24. The van der Waals surface area contributed by atoms with E-state index in [0.717, 1.165) is 0 Å². The van der Waals surface area contributed by atoms with Gasteiger partial charge in [0.2, 0.25) is 65.0 Å². The van der Waals surface area contributed by atoms with E-state index >= 15 is 0 Å². The van der Waals surface area contributed by atoms with Gasteiger partial charge in [0.05, 0.1) is 12.6 Å². The summed E-state index contributed by atoms with van der Waals surface area (Å²) >= 11 is 0. The molecular formula is C59H115N29O12. The molecule has 1 fully saturated rings. The maximum atomic E-state index is 14.8. The number of carbonyl (C=O) groups is 11. The van der Waals surface area contributed by atoms with E-state index in [1.54, 1.807) is 13.8 Å². The monoisotopic (exact) mass is 1420 g/mol. The number of unbranched alkanes of at least 4 members (excludes halogenated alkanes) is 2. The van der Waals surface area contributed by atoms with Gasteiger partial charge in [-0.15, -0.1) is 0 Å². The molecule has 1 aliphatic rings. The van der Waals surface area contributed by atoms with Crippen molar-refractivity contribution in [3.05, 3.63) is 0 Å². The SMILES string of the molecule is CC(C)C[C@H](NC(=O)[C@H](CCCN=C(N)N)NC(=O)[C@@H]1CCCN1C(=O)[C@@H](N)[C@@H](C)O)C(=O)N[C@@H](CCCN=C(N)N)C(=O)N[C@@H](CCCN=C(N)N)C(=O)N[C@@H](CCCN=C(N)N)C(=O)N[C@@H](CCCCN)C(=O)N[C@@H](CCCCN)C(=O)N[C@@H](CCCN=C(N)N)C(=O)NCC(N)=O. The van der Waals surface area contributed by atoms with E-state index in [2.05, 4.69) is 72.8 Å². The largest absolute Gasteiger partial charge is 0.391 e. The van der Waals surface area contributed by atoms with Crippen LogP contribution in [0.5, 0.6) is 0 Å². The second-order valence-corrected chi connectivity index (χ2v) is 24.6. The molecular weight excluding hydrogens is 1310 g/mol. The molecule has 1 aliphatic heterocycles. The van der Waals surface area contributed by atoms with Crippen molar-refractivity contribution in [3.63, 3.8) is 0 Å². The predicted molar refractivity (Wildman–Crippen MR) is 377 cm³/mol. The Hall–Kier alpha value is -9.64. The second-order valence-electron chi connectivity index (χ2n) is 24.6. The fourth-order valence-corrected chi connectivity index (χ4v) is 10.3. The van der Waals surface area contributed by atoms with Crippen molar-refractivity contribution in [2.24, 2.45) is 111 Å². The highest BCUT2D eigenvalue weighted by Crippen LogP contribution is 2.20. The normalized spacial score (nSPS) is 15.5. The molecule has 0 saturated carbocycles. The van der Waals surface area contributed by atoms with Gasteiger partial charge >= 0.3 is 0 Å². The zero-order valence-electron chi connectivity index (χ0n) is 57.9. The van der Waals surface area contributed by atoms with E-state index in [4.69, 9.17) is 80.3 Å². The summed E-state index contributed by atoms with van der Waals surface area (Å²) in [5.74, 6) is -10.6. The Morgan fingerprint density at radius 3 is 0.970 bits per heavy atom. The number of nitrogens with zero attached hydrogens (tertiary/aromatic N) is 6. The van der Waals surface area contributed by atoms with Crippen LogP contribution in [0.4, 0.5) is 0 Å². The Balaban J connectivity index is 3.89. The highest BCUT2D eigenvalue weighted by molar-refractivity contribution is 5.99. The first-order chi connectivity index (χ1) is 47.2. The number of nitrogens with one attached hydrogen (secondary N) is 9. The van der Waals surface area contributed by atoms with E-state index in [9.17, 15) is 57.8 Å². The lowest BCUT2D eigenvalue weighted by molar-refractivity contribution is -0.142. The van der Waals surface area contributed by atoms with Crippen molar-refractivity contribution in [2.75, 3.05) is 58.9 Å².